The number of aliphatic hydroxyl groups is 2. The molecule has 2 aliphatic heterocycles. The van der Waals surface area contributed by atoms with Crippen LogP contribution in [0.2, 0.25) is 20.1 Å². The fraction of sp³-hybridized carbons (Fsp3) is 0.286. The first kappa shape index (κ1) is 30.8. The maximum atomic E-state index is 13.3. The van der Waals surface area contributed by atoms with E-state index in [1.807, 2.05) is 30.3 Å². The molecule has 14 heteroatoms. The predicted molar refractivity (Wildman–Crippen MR) is 154 cm³/mol. The first-order chi connectivity index (χ1) is 20.1. The largest absolute Gasteiger partial charge is 0.497 e. The lowest BCUT2D eigenvalue weighted by atomic mass is 9.97. The van der Waals surface area contributed by atoms with E-state index in [1.54, 1.807) is 24.3 Å². The Balaban J connectivity index is 1.40. The van der Waals surface area contributed by atoms with Crippen molar-refractivity contribution in [3.05, 3.63) is 91.4 Å². The number of hydrogen-bond acceptors (Lipinski definition) is 9. The molecule has 5 atom stereocenters. The average molecular weight is 658 g/mol. The fourth-order valence-electron chi connectivity index (χ4n) is 4.58. The number of hydrogen-bond donors (Lipinski definition) is 3. The summed E-state index contributed by atoms with van der Waals surface area (Å²) in [5, 5.41) is 21.9. The highest BCUT2D eigenvalue weighted by Gasteiger charge is 2.50. The van der Waals surface area contributed by atoms with Crippen LogP contribution < -0.4 is 14.9 Å². The Bertz CT molecular complexity index is 1430. The van der Waals surface area contributed by atoms with Crippen molar-refractivity contribution in [1.29, 1.82) is 0 Å². The number of carbonyl (C=O) groups excluding carboxylic acids is 2. The molecule has 2 amide bonds. The number of halogens is 4. The quantitative estimate of drug-likeness (QED) is 0.173. The smallest absolute Gasteiger partial charge is 0.277 e. The highest BCUT2D eigenvalue weighted by atomic mass is 35.5. The van der Waals surface area contributed by atoms with Gasteiger partial charge in [0.15, 0.2) is 0 Å². The van der Waals surface area contributed by atoms with E-state index in [1.165, 1.54) is 7.11 Å². The molecule has 3 aromatic carbocycles. The van der Waals surface area contributed by atoms with Gasteiger partial charge in [-0.05, 0) is 29.8 Å². The molecule has 2 aliphatic rings. The molecule has 10 nitrogen and oxygen atoms in total. The monoisotopic (exact) mass is 656 g/mol. The fourth-order valence-corrected chi connectivity index (χ4v) is 5.59. The molecule has 1 fully saturated rings. The number of imide groups is 1. The van der Waals surface area contributed by atoms with Gasteiger partial charge in [0.2, 0.25) is 6.29 Å². The van der Waals surface area contributed by atoms with Crippen LogP contribution in [0.25, 0.3) is 0 Å². The molecule has 3 aromatic rings. The highest BCUT2D eigenvalue weighted by Crippen LogP contribution is 2.44. The molecule has 0 spiro atoms. The number of aliphatic hydroxyl groups excluding tert-OH is 2. The van der Waals surface area contributed by atoms with Crippen LogP contribution in [0.15, 0.2) is 54.6 Å². The van der Waals surface area contributed by atoms with Crippen LogP contribution in [0.4, 0.5) is 0 Å². The van der Waals surface area contributed by atoms with Gasteiger partial charge in [-0.1, -0.05) is 76.7 Å². The summed E-state index contributed by atoms with van der Waals surface area (Å²) in [5.41, 5.74) is 3.01. The second-order valence-corrected chi connectivity index (χ2v) is 10.9. The number of carbonyl (C=O) groups is 2. The Morgan fingerprint density at radius 1 is 0.833 bits per heavy atom. The van der Waals surface area contributed by atoms with Gasteiger partial charge in [-0.15, -0.1) is 0 Å². The molecule has 3 N–H and O–H groups in total. The van der Waals surface area contributed by atoms with E-state index in [4.69, 9.17) is 65.4 Å². The Hall–Kier alpha value is -2.64. The minimum Gasteiger partial charge on any atom is -0.497 e. The van der Waals surface area contributed by atoms with E-state index in [0.29, 0.717) is 16.5 Å². The molecule has 5 rings (SSSR count). The molecule has 0 aromatic heterocycles. The van der Waals surface area contributed by atoms with Crippen molar-refractivity contribution in [3.8, 4) is 11.5 Å². The zero-order valence-corrected chi connectivity index (χ0v) is 24.8. The highest BCUT2D eigenvalue weighted by molar-refractivity contribution is 6.55. The summed E-state index contributed by atoms with van der Waals surface area (Å²) in [5.74, 6) is -0.925. The predicted octanol–water partition coefficient (Wildman–Crippen LogP) is 4.52. The van der Waals surface area contributed by atoms with Crippen molar-refractivity contribution in [3.63, 3.8) is 0 Å². The lowest BCUT2D eigenvalue weighted by molar-refractivity contribution is -0.252. The van der Waals surface area contributed by atoms with Crippen LogP contribution in [0, 0.1) is 0 Å². The maximum Gasteiger partial charge on any atom is 0.277 e. The number of benzene rings is 3. The topological polar surface area (TPSA) is 127 Å². The third-order valence-corrected chi connectivity index (χ3v) is 8.59. The van der Waals surface area contributed by atoms with Crippen LogP contribution in [-0.4, -0.2) is 71.4 Å². The third kappa shape index (κ3) is 5.92. The number of nitrogens with one attached hydrogen (secondary N) is 1. The van der Waals surface area contributed by atoms with Gasteiger partial charge in [0.25, 0.3) is 11.8 Å². The summed E-state index contributed by atoms with van der Waals surface area (Å²) >= 11 is 24.7. The summed E-state index contributed by atoms with van der Waals surface area (Å²) in [6, 6.07) is 14.5. The van der Waals surface area contributed by atoms with Crippen LogP contribution in [0.1, 0.15) is 26.3 Å². The number of ether oxygens (including phenoxy) is 4. The van der Waals surface area contributed by atoms with Gasteiger partial charge in [0.05, 0.1) is 51.5 Å². The molecule has 222 valence electrons. The van der Waals surface area contributed by atoms with Gasteiger partial charge in [-0.2, -0.15) is 0 Å². The summed E-state index contributed by atoms with van der Waals surface area (Å²) in [6.07, 6.45) is -5.46. The summed E-state index contributed by atoms with van der Waals surface area (Å²) in [6.45, 7) is 0.133. The van der Waals surface area contributed by atoms with Gasteiger partial charge >= 0.3 is 0 Å². The number of hydrazine groups is 1. The number of nitrogens with zero attached hydrogens (tertiary/aromatic N) is 1. The molecule has 42 heavy (non-hydrogen) atoms. The van der Waals surface area contributed by atoms with E-state index < -0.39 is 42.5 Å². The zero-order valence-electron chi connectivity index (χ0n) is 21.8. The van der Waals surface area contributed by atoms with Crippen LogP contribution in [0.5, 0.6) is 11.5 Å². The zero-order chi connectivity index (χ0) is 30.1. The molecule has 0 bridgehead atoms. The summed E-state index contributed by atoms with van der Waals surface area (Å²) in [7, 11) is 1.51. The van der Waals surface area contributed by atoms with E-state index in [2.05, 4.69) is 5.43 Å². The summed E-state index contributed by atoms with van der Waals surface area (Å²) < 4.78 is 23.0. The Morgan fingerprint density at radius 3 is 1.98 bits per heavy atom. The van der Waals surface area contributed by atoms with Crippen LogP contribution >= 0.6 is 46.4 Å². The molecule has 0 saturated carbocycles. The Morgan fingerprint density at radius 2 is 1.40 bits per heavy atom. The van der Waals surface area contributed by atoms with E-state index >= 15 is 0 Å². The van der Waals surface area contributed by atoms with Crippen molar-refractivity contribution < 1.29 is 38.7 Å². The molecular weight excluding hydrogens is 634 g/mol. The van der Waals surface area contributed by atoms with Crippen molar-refractivity contribution >= 4 is 58.2 Å². The van der Waals surface area contributed by atoms with Crippen molar-refractivity contribution in [2.24, 2.45) is 0 Å². The lowest BCUT2D eigenvalue weighted by Crippen LogP contribution is -2.68. The number of methoxy groups -OCH3 is 1. The second kappa shape index (κ2) is 12.9. The van der Waals surface area contributed by atoms with E-state index in [0.717, 1.165) is 5.56 Å². The molecule has 1 saturated heterocycles. The van der Waals surface area contributed by atoms with Gasteiger partial charge in [-0.3, -0.25) is 9.59 Å². The van der Waals surface area contributed by atoms with E-state index in [-0.39, 0.29) is 44.4 Å². The average Bonchev–Trinajstić information content (AvgIpc) is 3.25. The molecule has 0 radical (unpaired) electrons. The maximum absolute atomic E-state index is 13.3. The first-order valence-electron chi connectivity index (χ1n) is 12.6. The van der Waals surface area contributed by atoms with Gasteiger partial charge in [-0.25, -0.2) is 10.4 Å². The molecule has 0 aliphatic carbocycles. The molecular formula is C28H24Cl4N2O8. The normalized spacial score (nSPS) is 23.7. The van der Waals surface area contributed by atoms with Crippen molar-refractivity contribution in [2.75, 3.05) is 13.7 Å². The minimum absolute atomic E-state index is 0.0997. The SMILES string of the molecule is COc1ccc(O[C@@H]2O[C@H](COCc3ccccc3)[C@@H](O)[C@H](O)[C@H]2NN2C(=O)c3c(Cl)c(Cl)c(Cl)c(Cl)c3C2=O)cc1. The Kier molecular flexibility index (Phi) is 9.48. The number of amides is 2. The van der Waals surface area contributed by atoms with Crippen LogP contribution in [-0.2, 0) is 16.1 Å². The molecule has 2 heterocycles. The number of fused-ring (bicyclic) bond motifs is 1. The van der Waals surface area contributed by atoms with Gasteiger partial charge < -0.3 is 29.2 Å². The minimum atomic E-state index is -1.60. The van der Waals surface area contributed by atoms with E-state index in [9.17, 15) is 19.8 Å². The van der Waals surface area contributed by atoms with Gasteiger partial charge in [0, 0.05) is 0 Å². The number of rotatable bonds is 9. The third-order valence-electron chi connectivity index (χ3n) is 6.79. The van der Waals surface area contributed by atoms with Gasteiger partial charge in [0.1, 0.15) is 35.9 Å². The first-order valence-corrected chi connectivity index (χ1v) is 14.1. The standard InChI is InChI=1S/C28H24Cl4N2O8/c1-39-14-7-9-15(10-8-14)41-28-23(25(36)24(35)16(42-28)12-40-11-13-5-3-2-4-6-13)33-34-26(37)17-18(27(34)38)20(30)22(32)21(31)19(17)29/h2-10,16,23-25,28,33,35-36H,11-12H2,1H3/t16-,23-,24-,25-,28-/m1/s1. The lowest BCUT2D eigenvalue weighted by Gasteiger charge is -2.43. The summed E-state index contributed by atoms with van der Waals surface area (Å²) in [4.78, 5) is 26.6. The Labute approximate surface area is 260 Å². The molecule has 0 unspecified atom stereocenters. The van der Waals surface area contributed by atoms with Crippen LogP contribution in [0.3, 0.4) is 0 Å². The second-order valence-electron chi connectivity index (χ2n) is 9.42. The van der Waals surface area contributed by atoms with Crippen molar-refractivity contribution in [1.82, 2.24) is 10.4 Å². The van der Waals surface area contributed by atoms with Crippen molar-refractivity contribution in [2.45, 2.75) is 37.3 Å².